The molecule has 0 saturated heterocycles. The zero-order chi connectivity index (χ0) is 15.1. The van der Waals surface area contributed by atoms with Crippen LogP contribution in [0.1, 0.15) is 11.1 Å². The predicted molar refractivity (Wildman–Crippen MR) is 83.1 cm³/mol. The topological polar surface area (TPSA) is 39.7 Å². The molecule has 21 heavy (non-hydrogen) atoms. The SMILES string of the molecule is CNCc1cccc(COc2c(OC)cccc2OC)c1. The summed E-state index contributed by atoms with van der Waals surface area (Å²) >= 11 is 0. The van der Waals surface area contributed by atoms with Crippen LogP contribution in [0.4, 0.5) is 0 Å². The molecule has 0 aliphatic carbocycles. The van der Waals surface area contributed by atoms with E-state index in [1.165, 1.54) is 5.56 Å². The van der Waals surface area contributed by atoms with Crippen LogP contribution in [0.25, 0.3) is 0 Å². The number of rotatable bonds is 7. The molecule has 0 aliphatic heterocycles. The Kier molecular flexibility index (Phi) is 5.46. The normalized spacial score (nSPS) is 10.2. The first-order chi connectivity index (χ1) is 10.3. The van der Waals surface area contributed by atoms with Crippen LogP contribution in [0.5, 0.6) is 17.2 Å². The van der Waals surface area contributed by atoms with Crippen molar-refractivity contribution in [3.8, 4) is 17.2 Å². The van der Waals surface area contributed by atoms with Gasteiger partial charge in [-0.25, -0.2) is 0 Å². The lowest BCUT2D eigenvalue weighted by Crippen LogP contribution is -2.06. The average Bonchev–Trinajstić information content (AvgIpc) is 2.53. The van der Waals surface area contributed by atoms with Crippen LogP contribution in [0.2, 0.25) is 0 Å². The van der Waals surface area contributed by atoms with Gasteiger partial charge in [0.25, 0.3) is 0 Å². The van der Waals surface area contributed by atoms with E-state index in [4.69, 9.17) is 14.2 Å². The molecule has 0 fully saturated rings. The standard InChI is InChI=1S/C17H21NO3/c1-18-11-13-6-4-7-14(10-13)12-21-17-15(19-2)8-5-9-16(17)20-3/h4-10,18H,11-12H2,1-3H3. The first-order valence-electron chi connectivity index (χ1n) is 6.84. The van der Waals surface area contributed by atoms with Gasteiger partial charge in [0, 0.05) is 6.54 Å². The molecule has 0 spiro atoms. The zero-order valence-electron chi connectivity index (χ0n) is 12.7. The summed E-state index contributed by atoms with van der Waals surface area (Å²) in [7, 11) is 5.17. The van der Waals surface area contributed by atoms with Crippen LogP contribution in [0.15, 0.2) is 42.5 Å². The molecule has 0 bridgehead atoms. The van der Waals surface area contributed by atoms with Crippen LogP contribution < -0.4 is 19.5 Å². The van der Waals surface area contributed by atoms with Crippen molar-refractivity contribution in [2.75, 3.05) is 21.3 Å². The molecule has 0 radical (unpaired) electrons. The Labute approximate surface area is 125 Å². The monoisotopic (exact) mass is 287 g/mol. The molecule has 4 heteroatoms. The molecule has 0 saturated carbocycles. The van der Waals surface area contributed by atoms with E-state index in [1.54, 1.807) is 14.2 Å². The van der Waals surface area contributed by atoms with E-state index in [-0.39, 0.29) is 0 Å². The number of benzene rings is 2. The van der Waals surface area contributed by atoms with E-state index in [1.807, 2.05) is 37.4 Å². The second kappa shape index (κ2) is 7.55. The van der Waals surface area contributed by atoms with Gasteiger partial charge in [-0.2, -0.15) is 0 Å². The summed E-state index contributed by atoms with van der Waals surface area (Å²) in [6, 6.07) is 13.9. The van der Waals surface area contributed by atoms with Gasteiger partial charge in [-0.3, -0.25) is 0 Å². The molecule has 112 valence electrons. The van der Waals surface area contributed by atoms with Crippen molar-refractivity contribution in [2.45, 2.75) is 13.2 Å². The van der Waals surface area contributed by atoms with Crippen molar-refractivity contribution in [3.63, 3.8) is 0 Å². The van der Waals surface area contributed by atoms with Crippen LogP contribution in [0, 0.1) is 0 Å². The van der Waals surface area contributed by atoms with Gasteiger partial charge < -0.3 is 19.5 Å². The van der Waals surface area contributed by atoms with E-state index in [0.29, 0.717) is 23.9 Å². The Hall–Kier alpha value is -2.20. The second-order valence-corrected chi connectivity index (χ2v) is 4.63. The van der Waals surface area contributed by atoms with Crippen LogP contribution in [-0.4, -0.2) is 21.3 Å². The van der Waals surface area contributed by atoms with Gasteiger partial charge in [-0.1, -0.05) is 30.3 Å². The molecule has 1 N–H and O–H groups in total. The first-order valence-corrected chi connectivity index (χ1v) is 6.84. The number of hydrogen-bond acceptors (Lipinski definition) is 4. The van der Waals surface area contributed by atoms with Crippen LogP contribution in [0.3, 0.4) is 0 Å². The summed E-state index contributed by atoms with van der Waals surface area (Å²) in [4.78, 5) is 0. The van der Waals surface area contributed by atoms with Crippen LogP contribution >= 0.6 is 0 Å². The van der Waals surface area contributed by atoms with E-state index >= 15 is 0 Å². The third kappa shape index (κ3) is 3.89. The van der Waals surface area contributed by atoms with Crippen LogP contribution in [-0.2, 0) is 13.2 Å². The summed E-state index contributed by atoms with van der Waals surface area (Å²) in [5.74, 6) is 1.96. The molecular formula is C17H21NO3. The van der Waals surface area contributed by atoms with E-state index < -0.39 is 0 Å². The first kappa shape index (κ1) is 15.2. The predicted octanol–water partition coefficient (Wildman–Crippen LogP) is 3.00. The summed E-state index contributed by atoms with van der Waals surface area (Å²) < 4.78 is 16.5. The maximum absolute atomic E-state index is 5.90. The Morgan fingerprint density at radius 2 is 1.52 bits per heavy atom. The lowest BCUT2D eigenvalue weighted by atomic mass is 10.1. The molecule has 2 aromatic rings. The number of para-hydroxylation sites is 1. The number of ether oxygens (including phenoxy) is 3. The molecule has 0 atom stereocenters. The van der Waals surface area contributed by atoms with Gasteiger partial charge in [0.2, 0.25) is 5.75 Å². The molecule has 4 nitrogen and oxygen atoms in total. The fraction of sp³-hybridized carbons (Fsp3) is 0.294. The highest BCUT2D eigenvalue weighted by Crippen LogP contribution is 2.37. The van der Waals surface area contributed by atoms with E-state index in [2.05, 4.69) is 17.4 Å². The molecule has 0 aromatic heterocycles. The van der Waals surface area contributed by atoms with Crippen molar-refractivity contribution in [1.82, 2.24) is 5.32 Å². The zero-order valence-corrected chi connectivity index (χ0v) is 12.7. The molecule has 0 amide bonds. The summed E-state index contributed by atoms with van der Waals surface area (Å²) in [5.41, 5.74) is 2.33. The average molecular weight is 287 g/mol. The highest BCUT2D eigenvalue weighted by molar-refractivity contribution is 5.51. The van der Waals surface area contributed by atoms with E-state index in [0.717, 1.165) is 12.1 Å². The van der Waals surface area contributed by atoms with Crippen molar-refractivity contribution in [3.05, 3.63) is 53.6 Å². The lowest BCUT2D eigenvalue weighted by Gasteiger charge is -2.14. The highest BCUT2D eigenvalue weighted by atomic mass is 16.5. The molecule has 2 rings (SSSR count). The van der Waals surface area contributed by atoms with Crippen molar-refractivity contribution in [1.29, 1.82) is 0 Å². The highest BCUT2D eigenvalue weighted by Gasteiger charge is 2.11. The van der Waals surface area contributed by atoms with Gasteiger partial charge in [-0.05, 0) is 30.3 Å². The maximum Gasteiger partial charge on any atom is 0.203 e. The van der Waals surface area contributed by atoms with Crippen molar-refractivity contribution < 1.29 is 14.2 Å². The fourth-order valence-corrected chi connectivity index (χ4v) is 2.15. The minimum atomic E-state index is 0.467. The van der Waals surface area contributed by atoms with Crippen molar-refractivity contribution in [2.24, 2.45) is 0 Å². The molecule has 0 heterocycles. The maximum atomic E-state index is 5.90. The Morgan fingerprint density at radius 1 is 0.905 bits per heavy atom. The Bertz CT molecular complexity index is 562. The minimum absolute atomic E-state index is 0.467. The van der Waals surface area contributed by atoms with Gasteiger partial charge in [-0.15, -0.1) is 0 Å². The summed E-state index contributed by atoms with van der Waals surface area (Å²) in [6.07, 6.45) is 0. The lowest BCUT2D eigenvalue weighted by molar-refractivity contribution is 0.266. The Balaban J connectivity index is 2.14. The Morgan fingerprint density at radius 3 is 2.14 bits per heavy atom. The van der Waals surface area contributed by atoms with E-state index in [9.17, 15) is 0 Å². The smallest absolute Gasteiger partial charge is 0.203 e. The van der Waals surface area contributed by atoms with Crippen molar-refractivity contribution >= 4 is 0 Å². The number of nitrogens with one attached hydrogen (secondary N) is 1. The summed E-state index contributed by atoms with van der Waals surface area (Å²) in [6.45, 7) is 1.31. The summed E-state index contributed by atoms with van der Waals surface area (Å²) in [5, 5.41) is 3.14. The fourth-order valence-electron chi connectivity index (χ4n) is 2.15. The van der Waals surface area contributed by atoms with Gasteiger partial charge in [0.05, 0.1) is 14.2 Å². The largest absolute Gasteiger partial charge is 0.493 e. The second-order valence-electron chi connectivity index (χ2n) is 4.63. The number of methoxy groups -OCH3 is 2. The minimum Gasteiger partial charge on any atom is -0.493 e. The molecular weight excluding hydrogens is 266 g/mol. The molecule has 2 aromatic carbocycles. The third-order valence-electron chi connectivity index (χ3n) is 3.14. The number of hydrogen-bond donors (Lipinski definition) is 1. The third-order valence-corrected chi connectivity index (χ3v) is 3.14. The quantitative estimate of drug-likeness (QED) is 0.850. The molecule has 0 unspecified atom stereocenters. The molecule has 0 aliphatic rings. The van der Waals surface area contributed by atoms with Gasteiger partial charge >= 0.3 is 0 Å². The van der Waals surface area contributed by atoms with Gasteiger partial charge in [0.15, 0.2) is 11.5 Å². The van der Waals surface area contributed by atoms with Gasteiger partial charge in [0.1, 0.15) is 6.61 Å².